The van der Waals surface area contributed by atoms with Crippen LogP contribution in [0.1, 0.15) is 46.5 Å². The Morgan fingerprint density at radius 1 is 1.27 bits per heavy atom. The Bertz CT molecular complexity index is 250. The second-order valence-corrected chi connectivity index (χ2v) is 4.82. The van der Waals surface area contributed by atoms with Crippen LogP contribution in [-0.2, 0) is 9.59 Å². The molecule has 1 amide bonds. The third-order valence-corrected chi connectivity index (χ3v) is 3.46. The smallest absolute Gasteiger partial charge is 0.227 e. The molecule has 1 N–H and O–H groups in total. The number of rotatable bonds is 3. The van der Waals surface area contributed by atoms with Gasteiger partial charge in [-0.05, 0) is 25.2 Å². The lowest BCUT2D eigenvalue weighted by Crippen LogP contribution is -2.44. The summed E-state index contributed by atoms with van der Waals surface area (Å²) in [5.74, 6) is 1.01. The molecule has 1 fully saturated rings. The lowest BCUT2D eigenvalue weighted by molar-refractivity contribution is -0.128. The van der Waals surface area contributed by atoms with Crippen LogP contribution in [0.15, 0.2) is 0 Å². The fourth-order valence-electron chi connectivity index (χ4n) is 2.27. The van der Waals surface area contributed by atoms with Gasteiger partial charge in [-0.3, -0.25) is 9.59 Å². The zero-order valence-corrected chi connectivity index (χ0v) is 9.88. The van der Waals surface area contributed by atoms with Gasteiger partial charge in [-0.25, -0.2) is 0 Å². The molecule has 0 radical (unpaired) electrons. The van der Waals surface area contributed by atoms with Crippen LogP contribution in [0.25, 0.3) is 0 Å². The van der Waals surface area contributed by atoms with E-state index in [9.17, 15) is 9.59 Å². The average Bonchev–Trinajstić information content (AvgIpc) is 2.11. The van der Waals surface area contributed by atoms with Gasteiger partial charge >= 0.3 is 0 Å². The summed E-state index contributed by atoms with van der Waals surface area (Å²) in [6.07, 6.45) is 3.50. The summed E-state index contributed by atoms with van der Waals surface area (Å²) in [4.78, 5) is 22.2. The summed E-state index contributed by atoms with van der Waals surface area (Å²) >= 11 is 0. The molecule has 0 spiro atoms. The molecule has 0 heterocycles. The van der Waals surface area contributed by atoms with E-state index in [0.29, 0.717) is 11.8 Å². The van der Waals surface area contributed by atoms with Crippen LogP contribution in [0, 0.1) is 11.8 Å². The molecule has 3 nitrogen and oxygen atoms in total. The Hall–Kier alpha value is -0.860. The summed E-state index contributed by atoms with van der Waals surface area (Å²) in [5.41, 5.74) is 0. The first kappa shape index (κ1) is 12.2. The zero-order chi connectivity index (χ0) is 11.4. The monoisotopic (exact) mass is 211 g/mol. The lowest BCUT2D eigenvalue weighted by atomic mass is 9.78. The first-order valence-corrected chi connectivity index (χ1v) is 5.79. The topological polar surface area (TPSA) is 46.2 Å². The van der Waals surface area contributed by atoms with Crippen LogP contribution in [0.4, 0.5) is 0 Å². The van der Waals surface area contributed by atoms with Crippen molar-refractivity contribution in [2.45, 2.75) is 52.5 Å². The maximum absolute atomic E-state index is 11.4. The molecule has 86 valence electrons. The molecule has 1 aliphatic carbocycles. The molecule has 0 aliphatic heterocycles. The van der Waals surface area contributed by atoms with Gasteiger partial charge in [-0.1, -0.05) is 26.7 Å². The molecule has 0 bridgehead atoms. The minimum Gasteiger partial charge on any atom is -0.353 e. The van der Waals surface area contributed by atoms with Crippen LogP contribution >= 0.6 is 0 Å². The number of Topliss-reactive ketones (excluding diaryl/α,β-unsaturated/α-hetero) is 1. The van der Waals surface area contributed by atoms with Gasteiger partial charge in [0.25, 0.3) is 0 Å². The molecule has 1 saturated carbocycles. The van der Waals surface area contributed by atoms with E-state index in [-0.39, 0.29) is 24.2 Å². The highest BCUT2D eigenvalue weighted by molar-refractivity contribution is 5.96. The lowest BCUT2D eigenvalue weighted by Gasteiger charge is -2.34. The van der Waals surface area contributed by atoms with Crippen molar-refractivity contribution in [2.75, 3.05) is 0 Å². The first-order chi connectivity index (χ1) is 7.00. The number of amides is 1. The third-order valence-electron chi connectivity index (χ3n) is 3.46. The minimum atomic E-state index is -0.117. The van der Waals surface area contributed by atoms with Gasteiger partial charge in [0, 0.05) is 6.04 Å². The molecule has 0 aromatic rings. The van der Waals surface area contributed by atoms with Crippen LogP contribution in [-0.4, -0.2) is 17.7 Å². The number of nitrogens with one attached hydrogen (secondary N) is 1. The molecule has 1 aliphatic rings. The zero-order valence-electron chi connectivity index (χ0n) is 9.88. The molecule has 3 heteroatoms. The highest BCUT2D eigenvalue weighted by Crippen LogP contribution is 2.29. The molecular formula is C12H21NO2. The summed E-state index contributed by atoms with van der Waals surface area (Å²) < 4.78 is 0. The fourth-order valence-corrected chi connectivity index (χ4v) is 2.27. The second-order valence-electron chi connectivity index (χ2n) is 4.82. The maximum Gasteiger partial charge on any atom is 0.227 e. The van der Waals surface area contributed by atoms with Gasteiger partial charge in [0.2, 0.25) is 5.91 Å². The number of ketones is 1. The number of hydrogen-bond donors (Lipinski definition) is 1. The van der Waals surface area contributed by atoms with E-state index in [0.717, 1.165) is 6.42 Å². The van der Waals surface area contributed by atoms with Crippen LogP contribution in [0.2, 0.25) is 0 Å². The predicted octanol–water partition coefficient (Wildman–Crippen LogP) is 1.91. The SMILES string of the molecule is CC(=O)CC(=O)N[C@@H]1CCC[C@H](C)[C@H]1C. The number of carbonyl (C=O) groups is 2. The van der Waals surface area contributed by atoms with Crippen molar-refractivity contribution in [3.8, 4) is 0 Å². The van der Waals surface area contributed by atoms with Crippen LogP contribution < -0.4 is 5.32 Å². The number of hydrogen-bond acceptors (Lipinski definition) is 2. The Morgan fingerprint density at radius 3 is 2.53 bits per heavy atom. The first-order valence-electron chi connectivity index (χ1n) is 5.79. The van der Waals surface area contributed by atoms with Crippen molar-refractivity contribution in [1.29, 1.82) is 0 Å². The largest absolute Gasteiger partial charge is 0.353 e. The summed E-state index contributed by atoms with van der Waals surface area (Å²) in [6.45, 7) is 5.86. The average molecular weight is 211 g/mol. The van der Waals surface area contributed by atoms with Gasteiger partial charge in [0.15, 0.2) is 0 Å². The van der Waals surface area contributed by atoms with E-state index >= 15 is 0 Å². The minimum absolute atomic E-state index is 0.0254. The van der Waals surface area contributed by atoms with Gasteiger partial charge in [0.05, 0.1) is 6.42 Å². The number of carbonyl (C=O) groups excluding carboxylic acids is 2. The Morgan fingerprint density at radius 2 is 1.93 bits per heavy atom. The van der Waals surface area contributed by atoms with Crippen molar-refractivity contribution in [1.82, 2.24) is 5.32 Å². The molecule has 3 atom stereocenters. The molecule has 0 aromatic heterocycles. The second kappa shape index (κ2) is 5.29. The standard InChI is InChI=1S/C12H21NO2/c1-8-5-4-6-11(10(8)3)13-12(15)7-9(2)14/h8,10-11H,4-7H2,1-3H3,(H,13,15)/t8-,10+,11+/m0/s1. The van der Waals surface area contributed by atoms with E-state index in [1.807, 2.05) is 0 Å². The summed E-state index contributed by atoms with van der Waals surface area (Å²) in [6, 6.07) is 0.264. The van der Waals surface area contributed by atoms with E-state index in [2.05, 4.69) is 19.2 Å². The van der Waals surface area contributed by atoms with E-state index in [1.54, 1.807) is 0 Å². The third kappa shape index (κ3) is 3.65. The van der Waals surface area contributed by atoms with Gasteiger partial charge in [0.1, 0.15) is 5.78 Å². The maximum atomic E-state index is 11.4. The molecule has 0 aromatic carbocycles. The van der Waals surface area contributed by atoms with Gasteiger partial charge < -0.3 is 5.32 Å². The van der Waals surface area contributed by atoms with Crippen molar-refractivity contribution < 1.29 is 9.59 Å². The highest BCUT2D eigenvalue weighted by Gasteiger charge is 2.28. The van der Waals surface area contributed by atoms with Crippen molar-refractivity contribution in [3.05, 3.63) is 0 Å². The normalized spacial score (nSPS) is 31.0. The van der Waals surface area contributed by atoms with Crippen molar-refractivity contribution >= 4 is 11.7 Å². The molecule has 0 saturated heterocycles. The molecular weight excluding hydrogens is 190 g/mol. The molecule has 15 heavy (non-hydrogen) atoms. The molecule has 0 unspecified atom stereocenters. The predicted molar refractivity (Wildman–Crippen MR) is 59.4 cm³/mol. The van der Waals surface area contributed by atoms with Crippen LogP contribution in [0.5, 0.6) is 0 Å². The highest BCUT2D eigenvalue weighted by atomic mass is 16.2. The molecule has 1 rings (SSSR count). The summed E-state index contributed by atoms with van der Waals surface area (Å²) in [5, 5.41) is 2.97. The van der Waals surface area contributed by atoms with E-state index < -0.39 is 0 Å². The van der Waals surface area contributed by atoms with Crippen molar-refractivity contribution in [2.24, 2.45) is 11.8 Å². The Kier molecular flexibility index (Phi) is 4.30. The van der Waals surface area contributed by atoms with E-state index in [4.69, 9.17) is 0 Å². The van der Waals surface area contributed by atoms with Gasteiger partial charge in [-0.15, -0.1) is 0 Å². The Balaban J connectivity index is 2.43. The van der Waals surface area contributed by atoms with Crippen LogP contribution in [0.3, 0.4) is 0 Å². The Labute approximate surface area is 91.6 Å². The van der Waals surface area contributed by atoms with Gasteiger partial charge in [-0.2, -0.15) is 0 Å². The summed E-state index contributed by atoms with van der Waals surface area (Å²) in [7, 11) is 0. The van der Waals surface area contributed by atoms with Crippen molar-refractivity contribution in [3.63, 3.8) is 0 Å². The van der Waals surface area contributed by atoms with E-state index in [1.165, 1.54) is 19.8 Å². The fraction of sp³-hybridized carbons (Fsp3) is 0.833. The quantitative estimate of drug-likeness (QED) is 0.725.